The van der Waals surface area contributed by atoms with E-state index in [0.29, 0.717) is 18.0 Å². The Morgan fingerprint density at radius 2 is 2.05 bits per heavy atom. The van der Waals surface area contributed by atoms with E-state index in [4.69, 9.17) is 15.3 Å². The van der Waals surface area contributed by atoms with Crippen molar-refractivity contribution in [2.75, 3.05) is 5.43 Å². The summed E-state index contributed by atoms with van der Waals surface area (Å²) in [6.45, 7) is 0.425. The number of benzene rings is 1. The Balaban J connectivity index is 1.92. The fraction of sp³-hybridized carbons (Fsp3) is 0.0769. The number of nitrogens with zero attached hydrogens (tertiary/aromatic N) is 4. The van der Waals surface area contributed by atoms with Gasteiger partial charge in [0, 0.05) is 11.8 Å². The van der Waals surface area contributed by atoms with E-state index in [1.807, 2.05) is 0 Å². The molecule has 2 aromatic rings. The second kappa shape index (κ2) is 6.57. The molecule has 0 unspecified atom stereocenters. The van der Waals surface area contributed by atoms with Gasteiger partial charge < -0.3 is 4.74 Å². The van der Waals surface area contributed by atoms with Gasteiger partial charge in [-0.05, 0) is 24.3 Å². The molecule has 1 heterocycles. The van der Waals surface area contributed by atoms with Crippen molar-refractivity contribution in [2.24, 2.45) is 5.10 Å². The number of hydrogen-bond acceptors (Lipinski definition) is 6. The van der Waals surface area contributed by atoms with Crippen LogP contribution in [0.25, 0.3) is 0 Å². The highest BCUT2D eigenvalue weighted by molar-refractivity contribution is 6.10. The van der Waals surface area contributed by atoms with Gasteiger partial charge in [-0.15, -0.1) is 0 Å². The zero-order valence-electron chi connectivity index (χ0n) is 10.4. The molecule has 1 aromatic carbocycles. The molecule has 1 aromatic heterocycles. The quantitative estimate of drug-likeness (QED) is 0.633. The standard InChI is InChI=1S/C13H10N6O/c14-5-12(6-15)19-18-11-1-3-13(4-2-11)20-9-10-7-16-17-8-10/h1-4,7-8,18H,9H2,(H,16,17). The summed E-state index contributed by atoms with van der Waals surface area (Å²) in [5, 5.41) is 27.2. The average molecular weight is 266 g/mol. The van der Waals surface area contributed by atoms with Crippen LogP contribution in [0.5, 0.6) is 5.75 Å². The number of aromatic amines is 1. The van der Waals surface area contributed by atoms with Crippen LogP contribution in [-0.4, -0.2) is 15.9 Å². The van der Waals surface area contributed by atoms with Gasteiger partial charge in [-0.25, -0.2) is 0 Å². The highest BCUT2D eigenvalue weighted by Crippen LogP contribution is 2.16. The Bertz CT molecular complexity index is 644. The van der Waals surface area contributed by atoms with Crippen LogP contribution in [0.2, 0.25) is 0 Å². The smallest absolute Gasteiger partial charge is 0.237 e. The van der Waals surface area contributed by atoms with Crippen molar-refractivity contribution in [2.45, 2.75) is 6.61 Å². The molecule has 0 fully saturated rings. The molecule has 0 amide bonds. The Labute approximate surface area is 115 Å². The van der Waals surface area contributed by atoms with Gasteiger partial charge >= 0.3 is 0 Å². The van der Waals surface area contributed by atoms with E-state index in [-0.39, 0.29) is 5.71 Å². The summed E-state index contributed by atoms with van der Waals surface area (Å²) in [7, 11) is 0. The third-order valence-corrected chi connectivity index (χ3v) is 2.32. The Kier molecular flexibility index (Phi) is 4.31. The number of aromatic nitrogens is 2. The highest BCUT2D eigenvalue weighted by Gasteiger charge is 1.98. The number of H-pyrrole nitrogens is 1. The zero-order valence-corrected chi connectivity index (χ0v) is 10.4. The second-order valence-electron chi connectivity index (χ2n) is 3.72. The largest absolute Gasteiger partial charge is 0.489 e. The predicted octanol–water partition coefficient (Wildman–Crippen LogP) is 1.80. The van der Waals surface area contributed by atoms with E-state index in [1.54, 1.807) is 48.8 Å². The van der Waals surface area contributed by atoms with Crippen LogP contribution in [0.15, 0.2) is 41.8 Å². The molecule has 0 radical (unpaired) electrons. The van der Waals surface area contributed by atoms with Gasteiger partial charge in [0.25, 0.3) is 0 Å². The van der Waals surface area contributed by atoms with Gasteiger partial charge in [0.15, 0.2) is 0 Å². The van der Waals surface area contributed by atoms with Crippen molar-refractivity contribution in [3.8, 4) is 17.9 Å². The third-order valence-electron chi connectivity index (χ3n) is 2.32. The lowest BCUT2D eigenvalue weighted by atomic mass is 10.3. The first kappa shape index (κ1) is 13.1. The van der Waals surface area contributed by atoms with Crippen molar-refractivity contribution in [1.29, 1.82) is 10.5 Å². The number of nitriles is 2. The number of nitrogens with one attached hydrogen (secondary N) is 2. The molecular formula is C13H10N6O. The molecule has 0 atom stereocenters. The number of anilines is 1. The Morgan fingerprint density at radius 3 is 2.65 bits per heavy atom. The molecule has 0 bridgehead atoms. The molecule has 7 heteroatoms. The molecular weight excluding hydrogens is 256 g/mol. The highest BCUT2D eigenvalue weighted by atomic mass is 16.5. The summed E-state index contributed by atoms with van der Waals surface area (Å²) >= 11 is 0. The molecule has 98 valence electrons. The van der Waals surface area contributed by atoms with E-state index < -0.39 is 0 Å². The Hall–Kier alpha value is -3.32. The molecule has 2 N–H and O–H groups in total. The molecule has 0 saturated heterocycles. The van der Waals surface area contributed by atoms with E-state index in [0.717, 1.165) is 5.56 Å². The SMILES string of the molecule is N#CC(C#N)=NNc1ccc(OCc2cn[nH]c2)cc1. The average Bonchev–Trinajstić information content (AvgIpc) is 3.01. The fourth-order valence-electron chi connectivity index (χ4n) is 1.34. The zero-order chi connectivity index (χ0) is 14.2. The van der Waals surface area contributed by atoms with Crippen molar-refractivity contribution < 1.29 is 4.74 Å². The summed E-state index contributed by atoms with van der Waals surface area (Å²) in [5.74, 6) is 0.696. The second-order valence-corrected chi connectivity index (χ2v) is 3.72. The van der Waals surface area contributed by atoms with Gasteiger partial charge in [0.2, 0.25) is 5.71 Å². The van der Waals surface area contributed by atoms with Crippen molar-refractivity contribution in [3.05, 3.63) is 42.2 Å². The normalized spacial score (nSPS) is 9.10. The minimum Gasteiger partial charge on any atom is -0.489 e. The molecule has 2 rings (SSSR count). The van der Waals surface area contributed by atoms with E-state index in [9.17, 15) is 0 Å². The first-order valence-electron chi connectivity index (χ1n) is 5.66. The van der Waals surface area contributed by atoms with Crippen molar-refractivity contribution in [3.63, 3.8) is 0 Å². The van der Waals surface area contributed by atoms with Gasteiger partial charge in [-0.2, -0.15) is 20.7 Å². The van der Waals surface area contributed by atoms with Crippen LogP contribution >= 0.6 is 0 Å². The van der Waals surface area contributed by atoms with E-state index >= 15 is 0 Å². The molecule has 20 heavy (non-hydrogen) atoms. The number of ether oxygens (including phenoxy) is 1. The van der Waals surface area contributed by atoms with Gasteiger partial charge in [0.1, 0.15) is 24.5 Å². The first-order chi connectivity index (χ1) is 9.81. The fourth-order valence-corrected chi connectivity index (χ4v) is 1.34. The lowest BCUT2D eigenvalue weighted by molar-refractivity contribution is 0.306. The van der Waals surface area contributed by atoms with Crippen LogP contribution in [0.4, 0.5) is 5.69 Å². The van der Waals surface area contributed by atoms with E-state index in [1.165, 1.54) is 0 Å². The maximum atomic E-state index is 8.54. The minimum absolute atomic E-state index is 0.231. The van der Waals surface area contributed by atoms with Gasteiger partial charge in [-0.3, -0.25) is 10.5 Å². The lowest BCUT2D eigenvalue weighted by Crippen LogP contribution is -1.97. The third kappa shape index (κ3) is 3.59. The number of hydrogen-bond donors (Lipinski definition) is 2. The summed E-state index contributed by atoms with van der Waals surface area (Å²) in [5.41, 5.74) is 3.99. The van der Waals surface area contributed by atoms with Crippen LogP contribution in [0.3, 0.4) is 0 Å². The minimum atomic E-state index is -0.231. The summed E-state index contributed by atoms with van der Waals surface area (Å²) in [4.78, 5) is 0. The van der Waals surface area contributed by atoms with E-state index in [2.05, 4.69) is 20.7 Å². The van der Waals surface area contributed by atoms with Crippen LogP contribution in [0, 0.1) is 22.7 Å². The number of rotatable bonds is 5. The number of hydrazone groups is 1. The van der Waals surface area contributed by atoms with Crippen molar-refractivity contribution in [1.82, 2.24) is 10.2 Å². The monoisotopic (exact) mass is 266 g/mol. The van der Waals surface area contributed by atoms with Gasteiger partial charge in [-0.1, -0.05) is 0 Å². The molecule has 0 saturated carbocycles. The summed E-state index contributed by atoms with van der Waals surface area (Å²) in [6.07, 6.45) is 3.45. The van der Waals surface area contributed by atoms with Gasteiger partial charge in [0.05, 0.1) is 11.9 Å². The molecule has 0 aliphatic heterocycles. The maximum absolute atomic E-state index is 8.54. The van der Waals surface area contributed by atoms with Crippen molar-refractivity contribution >= 4 is 11.4 Å². The molecule has 7 nitrogen and oxygen atoms in total. The molecule has 0 aliphatic rings. The lowest BCUT2D eigenvalue weighted by Gasteiger charge is -2.05. The van der Waals surface area contributed by atoms with Crippen LogP contribution in [0.1, 0.15) is 5.56 Å². The predicted molar refractivity (Wildman–Crippen MR) is 71.6 cm³/mol. The molecule has 0 spiro atoms. The Morgan fingerprint density at radius 1 is 1.30 bits per heavy atom. The molecule has 0 aliphatic carbocycles. The summed E-state index contributed by atoms with van der Waals surface area (Å²) in [6, 6.07) is 10.3. The summed E-state index contributed by atoms with van der Waals surface area (Å²) < 4.78 is 5.55. The van der Waals surface area contributed by atoms with Crippen LogP contribution < -0.4 is 10.2 Å². The first-order valence-corrected chi connectivity index (χ1v) is 5.66. The topological polar surface area (TPSA) is 110 Å². The maximum Gasteiger partial charge on any atom is 0.237 e. The van der Waals surface area contributed by atoms with Crippen LogP contribution in [-0.2, 0) is 6.61 Å².